The predicted molar refractivity (Wildman–Crippen MR) is 120 cm³/mol. The third-order valence-corrected chi connectivity index (χ3v) is 6.43. The zero-order valence-corrected chi connectivity index (χ0v) is 18.3. The van der Waals surface area contributed by atoms with Crippen LogP contribution in [0.25, 0.3) is 0 Å². The Bertz CT molecular complexity index is 1070. The molecule has 2 amide bonds. The lowest BCUT2D eigenvalue weighted by molar-refractivity contribution is -0.131. The molecular formula is C25H27FN4O2. The number of fused-ring (bicyclic) bond motifs is 1. The zero-order chi connectivity index (χ0) is 23.0. The number of rotatable bonds is 5. The molecule has 2 aliphatic rings. The molecule has 4 rings (SSSR count). The molecule has 0 bridgehead atoms. The molecule has 0 radical (unpaired) electrons. The van der Waals surface area contributed by atoms with Gasteiger partial charge < -0.3 is 10.2 Å². The summed E-state index contributed by atoms with van der Waals surface area (Å²) in [6.45, 7) is 8.74. The van der Waals surface area contributed by atoms with Crippen molar-refractivity contribution in [2.75, 3.05) is 0 Å². The van der Waals surface area contributed by atoms with Crippen LogP contribution in [0.5, 0.6) is 0 Å². The van der Waals surface area contributed by atoms with E-state index in [-0.39, 0.29) is 42.2 Å². The van der Waals surface area contributed by atoms with Crippen molar-refractivity contribution in [2.24, 2.45) is 5.92 Å². The molecule has 2 aliphatic heterocycles. The Morgan fingerprint density at radius 3 is 2.47 bits per heavy atom. The van der Waals surface area contributed by atoms with E-state index in [9.17, 15) is 14.0 Å². The number of benzene rings is 2. The van der Waals surface area contributed by atoms with Crippen molar-refractivity contribution in [2.45, 2.75) is 45.4 Å². The average Bonchev–Trinajstić information content (AvgIpc) is 3.19. The second kappa shape index (κ2) is 8.22. The Hall–Kier alpha value is -3.48. The normalized spacial score (nSPS) is 20.4. The van der Waals surface area contributed by atoms with Crippen molar-refractivity contribution >= 4 is 17.8 Å². The lowest BCUT2D eigenvalue weighted by Crippen LogP contribution is -2.63. The summed E-state index contributed by atoms with van der Waals surface area (Å²) in [5, 5.41) is 11.4. The number of hydrogen-bond acceptors (Lipinski definition) is 3. The van der Waals surface area contributed by atoms with Crippen LogP contribution >= 0.6 is 0 Å². The van der Waals surface area contributed by atoms with Gasteiger partial charge in [0.05, 0.1) is 18.5 Å². The van der Waals surface area contributed by atoms with Gasteiger partial charge in [0.15, 0.2) is 5.96 Å². The van der Waals surface area contributed by atoms with Gasteiger partial charge in [-0.05, 0) is 40.8 Å². The van der Waals surface area contributed by atoms with Gasteiger partial charge in [0.25, 0.3) is 5.91 Å². The monoisotopic (exact) mass is 434 g/mol. The maximum atomic E-state index is 14.4. The summed E-state index contributed by atoms with van der Waals surface area (Å²) >= 11 is 0. The van der Waals surface area contributed by atoms with Crippen molar-refractivity contribution in [3.8, 4) is 0 Å². The van der Waals surface area contributed by atoms with E-state index in [2.05, 4.69) is 11.9 Å². The van der Waals surface area contributed by atoms with Crippen LogP contribution in [0.1, 0.15) is 47.3 Å². The molecule has 2 N–H and O–H groups in total. The molecule has 2 heterocycles. The molecule has 166 valence electrons. The first-order valence-electron chi connectivity index (χ1n) is 10.7. The summed E-state index contributed by atoms with van der Waals surface area (Å²) < 4.78 is 14.4. The lowest BCUT2D eigenvalue weighted by atomic mass is 9.81. The fourth-order valence-corrected chi connectivity index (χ4v) is 4.38. The maximum absolute atomic E-state index is 14.4. The molecule has 0 aliphatic carbocycles. The second-order valence-corrected chi connectivity index (χ2v) is 8.81. The molecule has 2 aromatic carbocycles. The quantitative estimate of drug-likeness (QED) is 0.703. The van der Waals surface area contributed by atoms with E-state index in [0.29, 0.717) is 18.7 Å². The van der Waals surface area contributed by atoms with E-state index in [4.69, 9.17) is 5.41 Å². The number of halogens is 1. The maximum Gasteiger partial charge on any atom is 0.254 e. The van der Waals surface area contributed by atoms with E-state index in [0.717, 1.165) is 11.1 Å². The second-order valence-electron chi connectivity index (χ2n) is 8.81. The summed E-state index contributed by atoms with van der Waals surface area (Å²) in [7, 11) is 0. The van der Waals surface area contributed by atoms with Crippen molar-refractivity contribution < 1.29 is 14.0 Å². The van der Waals surface area contributed by atoms with Gasteiger partial charge in [-0.3, -0.25) is 19.9 Å². The molecular weight excluding hydrogens is 407 g/mol. The summed E-state index contributed by atoms with van der Waals surface area (Å²) in [4.78, 5) is 28.9. The standard InChI is InChI=1S/C25H27FN4O2/c1-4-25(16(2)3)12-22(31)30(24(27)28-25)13-17-9-20(11-21(26)10-17)23(32)29-14-18-7-5-6-8-19(18)15-29/h4-11,16H,1,12-15H2,2-3H3,(H2,27,28)/t25-/m0/s1. The summed E-state index contributed by atoms with van der Waals surface area (Å²) in [5.41, 5.74) is 2.19. The van der Waals surface area contributed by atoms with Gasteiger partial charge in [0.2, 0.25) is 5.91 Å². The highest BCUT2D eigenvalue weighted by Gasteiger charge is 2.41. The molecule has 7 heteroatoms. The SMILES string of the molecule is C=C[C@@]1(C(C)C)CC(=O)N(Cc2cc(F)cc(C(=O)N3Cc4ccccc4C3)c2)C(=N)N1. The number of nitrogens with one attached hydrogen (secondary N) is 2. The first kappa shape index (κ1) is 21.7. The Kier molecular flexibility index (Phi) is 5.59. The molecule has 1 atom stereocenters. The van der Waals surface area contributed by atoms with E-state index in [1.54, 1.807) is 17.0 Å². The van der Waals surface area contributed by atoms with Crippen LogP contribution in [0, 0.1) is 17.1 Å². The van der Waals surface area contributed by atoms with Crippen LogP contribution in [0.3, 0.4) is 0 Å². The van der Waals surface area contributed by atoms with Crippen LogP contribution in [-0.4, -0.2) is 33.1 Å². The molecule has 32 heavy (non-hydrogen) atoms. The minimum absolute atomic E-state index is 0.00818. The highest BCUT2D eigenvalue weighted by Crippen LogP contribution is 2.29. The van der Waals surface area contributed by atoms with Gasteiger partial charge in [0.1, 0.15) is 5.82 Å². The van der Waals surface area contributed by atoms with E-state index < -0.39 is 11.4 Å². The Labute approximate surface area is 187 Å². The summed E-state index contributed by atoms with van der Waals surface area (Å²) in [6, 6.07) is 12.0. The fourth-order valence-electron chi connectivity index (χ4n) is 4.38. The fraction of sp³-hybridized carbons (Fsp3) is 0.320. The highest BCUT2D eigenvalue weighted by atomic mass is 19.1. The average molecular weight is 435 g/mol. The third kappa shape index (κ3) is 3.90. The van der Waals surface area contributed by atoms with Crippen LogP contribution < -0.4 is 5.32 Å². The third-order valence-electron chi connectivity index (χ3n) is 6.43. The summed E-state index contributed by atoms with van der Waals surface area (Å²) in [6.07, 6.45) is 1.83. The molecule has 6 nitrogen and oxygen atoms in total. The van der Waals surface area contributed by atoms with Crippen LogP contribution in [0.4, 0.5) is 4.39 Å². The number of amides is 2. The first-order chi connectivity index (χ1) is 15.2. The van der Waals surface area contributed by atoms with Gasteiger partial charge >= 0.3 is 0 Å². The van der Waals surface area contributed by atoms with Crippen LogP contribution in [-0.2, 0) is 24.4 Å². The van der Waals surface area contributed by atoms with Gasteiger partial charge in [-0.25, -0.2) is 4.39 Å². The van der Waals surface area contributed by atoms with Gasteiger partial charge in [0, 0.05) is 18.7 Å². The van der Waals surface area contributed by atoms with Gasteiger partial charge in [-0.15, -0.1) is 6.58 Å². The smallest absolute Gasteiger partial charge is 0.254 e. The molecule has 0 saturated carbocycles. The number of carbonyl (C=O) groups excluding carboxylic acids is 2. The Balaban J connectivity index is 1.53. The number of nitrogens with zero attached hydrogens (tertiary/aromatic N) is 2. The van der Waals surface area contributed by atoms with Crippen molar-refractivity contribution in [1.29, 1.82) is 5.41 Å². The minimum atomic E-state index is -0.682. The first-order valence-corrected chi connectivity index (χ1v) is 10.7. The van der Waals surface area contributed by atoms with Crippen molar-refractivity contribution in [3.05, 3.63) is 83.2 Å². The van der Waals surface area contributed by atoms with Gasteiger partial charge in [-0.2, -0.15) is 0 Å². The molecule has 0 unspecified atom stereocenters. The predicted octanol–water partition coefficient (Wildman–Crippen LogP) is 3.82. The Morgan fingerprint density at radius 1 is 1.25 bits per heavy atom. The lowest BCUT2D eigenvalue weighted by Gasteiger charge is -2.43. The zero-order valence-electron chi connectivity index (χ0n) is 18.3. The van der Waals surface area contributed by atoms with Crippen LogP contribution in [0.15, 0.2) is 55.1 Å². The molecule has 2 aromatic rings. The van der Waals surface area contributed by atoms with Gasteiger partial charge in [-0.1, -0.05) is 44.2 Å². The Morgan fingerprint density at radius 2 is 1.91 bits per heavy atom. The van der Waals surface area contributed by atoms with Crippen LogP contribution in [0.2, 0.25) is 0 Å². The number of hydrogen-bond donors (Lipinski definition) is 2. The highest BCUT2D eigenvalue weighted by molar-refractivity contribution is 5.99. The summed E-state index contributed by atoms with van der Waals surface area (Å²) in [5.74, 6) is -1.04. The molecule has 1 saturated heterocycles. The van der Waals surface area contributed by atoms with E-state index >= 15 is 0 Å². The minimum Gasteiger partial charge on any atom is -0.346 e. The topological polar surface area (TPSA) is 76.5 Å². The number of guanidine groups is 1. The van der Waals surface area contributed by atoms with Crippen molar-refractivity contribution in [1.82, 2.24) is 15.1 Å². The van der Waals surface area contributed by atoms with E-state index in [1.165, 1.54) is 17.0 Å². The molecule has 1 fully saturated rings. The molecule has 0 spiro atoms. The molecule has 0 aromatic heterocycles. The van der Waals surface area contributed by atoms with E-state index in [1.807, 2.05) is 38.1 Å². The number of carbonyl (C=O) groups is 2. The largest absolute Gasteiger partial charge is 0.346 e. The van der Waals surface area contributed by atoms with Crippen molar-refractivity contribution in [3.63, 3.8) is 0 Å².